The summed E-state index contributed by atoms with van der Waals surface area (Å²) in [5.41, 5.74) is 0.731. The van der Waals surface area contributed by atoms with Crippen molar-refractivity contribution in [1.29, 1.82) is 0 Å². The second-order valence-electron chi connectivity index (χ2n) is 3.75. The van der Waals surface area contributed by atoms with Crippen molar-refractivity contribution in [2.75, 3.05) is 5.32 Å². The second kappa shape index (κ2) is 5.94. The zero-order chi connectivity index (χ0) is 14.0. The molecule has 0 radical (unpaired) electrons. The number of aromatic hydroxyl groups is 1. The summed E-state index contributed by atoms with van der Waals surface area (Å²) >= 11 is 12.3. The molecule has 2 rings (SSSR count). The van der Waals surface area contributed by atoms with Gasteiger partial charge in [-0.05, 0) is 46.3 Å². The maximum atomic E-state index is 12.1. The summed E-state index contributed by atoms with van der Waals surface area (Å²) in [4.78, 5) is 12.1. The van der Waals surface area contributed by atoms with E-state index in [0.29, 0.717) is 19.7 Å². The molecule has 0 atom stereocenters. The molecular weight excluding hydrogens is 397 g/mol. The van der Waals surface area contributed by atoms with E-state index in [1.807, 2.05) is 0 Å². The van der Waals surface area contributed by atoms with Crippen LogP contribution in [0.25, 0.3) is 0 Å². The number of halogens is 3. The highest BCUT2D eigenvalue weighted by atomic mass is 79.9. The minimum Gasteiger partial charge on any atom is -0.506 e. The van der Waals surface area contributed by atoms with Crippen LogP contribution < -0.4 is 5.32 Å². The predicted octanol–water partition coefficient (Wildman–Crippen LogP) is 4.82. The summed E-state index contributed by atoms with van der Waals surface area (Å²) in [6, 6.07) is 9.99. The van der Waals surface area contributed by atoms with E-state index in [0.717, 1.165) is 0 Å². The van der Waals surface area contributed by atoms with Crippen molar-refractivity contribution in [3.8, 4) is 5.75 Å². The number of nitrogens with one attached hydrogen (secondary N) is 1. The predicted molar refractivity (Wildman–Crippen MR) is 82.9 cm³/mol. The van der Waals surface area contributed by atoms with Crippen molar-refractivity contribution in [3.05, 3.63) is 55.9 Å². The van der Waals surface area contributed by atoms with E-state index in [1.54, 1.807) is 36.4 Å². The van der Waals surface area contributed by atoms with Crippen LogP contribution >= 0.6 is 43.5 Å². The molecule has 0 aliphatic rings. The highest BCUT2D eigenvalue weighted by molar-refractivity contribution is 9.11. The molecule has 0 unspecified atom stereocenters. The zero-order valence-corrected chi connectivity index (χ0v) is 13.4. The Morgan fingerprint density at radius 3 is 2.63 bits per heavy atom. The Bertz CT molecular complexity index is 647. The van der Waals surface area contributed by atoms with E-state index in [2.05, 4.69) is 37.2 Å². The van der Waals surface area contributed by atoms with Crippen LogP contribution in [0.5, 0.6) is 5.75 Å². The summed E-state index contributed by atoms with van der Waals surface area (Å²) < 4.78 is 1.13. The van der Waals surface area contributed by atoms with Crippen LogP contribution in [0.15, 0.2) is 45.3 Å². The minimum absolute atomic E-state index is 0.109. The number of hydrogen-bond donors (Lipinski definition) is 2. The molecule has 1 amide bonds. The number of carbonyl (C=O) groups excluding carboxylic acids is 1. The topological polar surface area (TPSA) is 49.3 Å². The molecule has 0 aliphatic carbocycles. The molecule has 0 saturated carbocycles. The minimum atomic E-state index is -0.415. The van der Waals surface area contributed by atoms with Crippen LogP contribution in [-0.4, -0.2) is 11.0 Å². The molecule has 19 heavy (non-hydrogen) atoms. The van der Waals surface area contributed by atoms with Crippen molar-refractivity contribution >= 4 is 55.1 Å². The third kappa shape index (κ3) is 3.49. The Morgan fingerprint density at radius 2 is 1.95 bits per heavy atom. The van der Waals surface area contributed by atoms with Gasteiger partial charge in [-0.3, -0.25) is 4.79 Å². The third-order valence-electron chi connectivity index (χ3n) is 2.36. The highest BCUT2D eigenvalue weighted by Gasteiger charge is 2.15. The first-order chi connectivity index (χ1) is 8.97. The van der Waals surface area contributed by atoms with Gasteiger partial charge in [-0.1, -0.05) is 33.6 Å². The van der Waals surface area contributed by atoms with Gasteiger partial charge in [-0.15, -0.1) is 0 Å². The smallest absolute Gasteiger partial charge is 0.259 e. The molecule has 0 spiro atoms. The summed E-state index contributed by atoms with van der Waals surface area (Å²) in [7, 11) is 0. The first-order valence-electron chi connectivity index (χ1n) is 5.22. The Hall–Kier alpha value is -1.04. The monoisotopic (exact) mass is 403 g/mol. The molecule has 2 N–H and O–H groups in total. The van der Waals surface area contributed by atoms with Crippen molar-refractivity contribution in [2.24, 2.45) is 0 Å². The van der Waals surface area contributed by atoms with Crippen molar-refractivity contribution in [3.63, 3.8) is 0 Å². The molecule has 0 heterocycles. The number of hydrogen-bond acceptors (Lipinski definition) is 2. The maximum Gasteiger partial charge on any atom is 0.259 e. The average Bonchev–Trinajstić information content (AvgIpc) is 2.33. The molecule has 98 valence electrons. The third-order valence-corrected chi connectivity index (χ3v) is 3.65. The number of rotatable bonds is 2. The maximum absolute atomic E-state index is 12.1. The fourth-order valence-electron chi connectivity index (χ4n) is 1.50. The van der Waals surface area contributed by atoms with Gasteiger partial charge in [0.05, 0.1) is 10.0 Å². The Balaban J connectivity index is 2.30. The largest absolute Gasteiger partial charge is 0.506 e. The lowest BCUT2D eigenvalue weighted by Crippen LogP contribution is -2.12. The number of phenolic OH excluding ortho intramolecular Hbond substituents is 1. The van der Waals surface area contributed by atoms with Gasteiger partial charge < -0.3 is 10.4 Å². The molecular formula is C13H8Br2ClNO2. The van der Waals surface area contributed by atoms with E-state index in [4.69, 9.17) is 11.6 Å². The highest BCUT2D eigenvalue weighted by Crippen LogP contribution is 2.32. The summed E-state index contributed by atoms with van der Waals surface area (Å²) in [5, 5.41) is 13.1. The van der Waals surface area contributed by atoms with Crippen molar-refractivity contribution in [2.45, 2.75) is 0 Å². The average molecular weight is 405 g/mol. The lowest BCUT2D eigenvalue weighted by atomic mass is 10.2. The SMILES string of the molecule is O=C(Nc1cccc(Cl)c1)c1cc(Br)cc(Br)c1O. The van der Waals surface area contributed by atoms with E-state index in [-0.39, 0.29) is 11.3 Å². The zero-order valence-electron chi connectivity index (χ0n) is 9.45. The summed E-state index contributed by atoms with van der Waals surface area (Å²) in [6.07, 6.45) is 0. The number of phenols is 1. The van der Waals surface area contributed by atoms with E-state index in [9.17, 15) is 9.90 Å². The lowest BCUT2D eigenvalue weighted by molar-refractivity contribution is 0.102. The molecule has 0 bridgehead atoms. The fourth-order valence-corrected chi connectivity index (χ4v) is 2.92. The Kier molecular flexibility index (Phi) is 4.50. The molecule has 0 fully saturated rings. The van der Waals surface area contributed by atoms with Crippen LogP contribution in [0, 0.1) is 0 Å². The van der Waals surface area contributed by atoms with E-state index < -0.39 is 5.91 Å². The van der Waals surface area contributed by atoms with Gasteiger partial charge in [0, 0.05) is 15.2 Å². The Morgan fingerprint density at radius 1 is 1.21 bits per heavy atom. The van der Waals surface area contributed by atoms with Gasteiger partial charge in [0.1, 0.15) is 5.75 Å². The normalized spacial score (nSPS) is 10.3. The van der Waals surface area contributed by atoms with Crippen molar-refractivity contribution < 1.29 is 9.90 Å². The number of carbonyl (C=O) groups is 1. The van der Waals surface area contributed by atoms with Crippen LogP contribution in [0.1, 0.15) is 10.4 Å². The van der Waals surface area contributed by atoms with Gasteiger partial charge in [0.2, 0.25) is 0 Å². The molecule has 0 aromatic heterocycles. The number of amides is 1. The molecule has 3 nitrogen and oxygen atoms in total. The first-order valence-corrected chi connectivity index (χ1v) is 7.18. The van der Waals surface area contributed by atoms with E-state index >= 15 is 0 Å². The van der Waals surface area contributed by atoms with Crippen LogP contribution in [-0.2, 0) is 0 Å². The molecule has 0 saturated heterocycles. The molecule has 6 heteroatoms. The van der Waals surface area contributed by atoms with Gasteiger partial charge >= 0.3 is 0 Å². The van der Waals surface area contributed by atoms with Gasteiger partial charge in [0.25, 0.3) is 5.91 Å². The molecule has 2 aromatic rings. The first kappa shape index (κ1) is 14.4. The van der Waals surface area contributed by atoms with Crippen LogP contribution in [0.3, 0.4) is 0 Å². The standard InChI is InChI=1S/C13H8Br2ClNO2/c14-7-4-10(12(18)11(15)5-7)13(19)17-9-3-1-2-8(16)6-9/h1-6,18H,(H,17,19). The second-order valence-corrected chi connectivity index (χ2v) is 5.95. The summed E-state index contributed by atoms with van der Waals surface area (Å²) in [5.74, 6) is -0.524. The van der Waals surface area contributed by atoms with E-state index in [1.165, 1.54) is 0 Å². The van der Waals surface area contributed by atoms with Crippen molar-refractivity contribution in [1.82, 2.24) is 0 Å². The van der Waals surface area contributed by atoms with Gasteiger partial charge in [-0.2, -0.15) is 0 Å². The van der Waals surface area contributed by atoms with Crippen LogP contribution in [0.4, 0.5) is 5.69 Å². The number of benzene rings is 2. The van der Waals surface area contributed by atoms with Crippen LogP contribution in [0.2, 0.25) is 5.02 Å². The van der Waals surface area contributed by atoms with Gasteiger partial charge in [0.15, 0.2) is 0 Å². The Labute approximate surface area is 131 Å². The molecule has 0 aliphatic heterocycles. The quantitative estimate of drug-likeness (QED) is 0.752. The summed E-state index contributed by atoms with van der Waals surface area (Å²) in [6.45, 7) is 0. The fraction of sp³-hybridized carbons (Fsp3) is 0. The molecule has 2 aromatic carbocycles. The number of anilines is 1. The lowest BCUT2D eigenvalue weighted by Gasteiger charge is -2.09. The van der Waals surface area contributed by atoms with Gasteiger partial charge in [-0.25, -0.2) is 0 Å².